The first-order chi connectivity index (χ1) is 11.5. The third-order valence-electron chi connectivity index (χ3n) is 4.43. The number of anilines is 1. The molecule has 1 aromatic rings. The first kappa shape index (κ1) is 18.3. The highest BCUT2D eigenvalue weighted by molar-refractivity contribution is 5.93. The maximum atomic E-state index is 12.4. The molecule has 6 nitrogen and oxygen atoms in total. The van der Waals surface area contributed by atoms with Crippen LogP contribution in [0.1, 0.15) is 32.1 Å². The van der Waals surface area contributed by atoms with Gasteiger partial charge in [-0.2, -0.15) is 0 Å². The van der Waals surface area contributed by atoms with Crippen LogP contribution in [0.2, 0.25) is 0 Å². The highest BCUT2D eigenvalue weighted by Gasteiger charge is 2.23. The second-order valence-corrected chi connectivity index (χ2v) is 6.55. The fourth-order valence-corrected chi connectivity index (χ4v) is 2.95. The topological polar surface area (TPSA) is 72.9 Å². The van der Waals surface area contributed by atoms with E-state index in [9.17, 15) is 14.7 Å². The molecule has 6 heteroatoms. The van der Waals surface area contributed by atoms with E-state index in [2.05, 4.69) is 10.2 Å². The molecule has 1 atom stereocenters. The Balaban J connectivity index is 1.82. The maximum absolute atomic E-state index is 12.4. The quantitative estimate of drug-likeness (QED) is 0.865. The Bertz CT molecular complexity index is 574. The predicted octanol–water partition coefficient (Wildman–Crippen LogP) is 2.05. The Morgan fingerprint density at radius 1 is 1.29 bits per heavy atom. The lowest BCUT2D eigenvalue weighted by Crippen LogP contribution is -2.42. The molecule has 1 saturated heterocycles. The van der Waals surface area contributed by atoms with Gasteiger partial charge in [0.15, 0.2) is 0 Å². The number of hydrogen-bond acceptors (Lipinski definition) is 4. The zero-order chi connectivity index (χ0) is 17.5. The van der Waals surface area contributed by atoms with Gasteiger partial charge in [0, 0.05) is 43.7 Å². The van der Waals surface area contributed by atoms with Crippen molar-refractivity contribution in [2.24, 2.45) is 0 Å². The summed E-state index contributed by atoms with van der Waals surface area (Å²) in [6.45, 7) is 1.51. The molecular formula is C18H27N3O3. The van der Waals surface area contributed by atoms with Gasteiger partial charge < -0.3 is 20.2 Å². The van der Waals surface area contributed by atoms with Crippen LogP contribution in [-0.4, -0.2) is 59.9 Å². The first-order valence-electron chi connectivity index (χ1n) is 8.49. The largest absolute Gasteiger partial charge is 0.508 e. The van der Waals surface area contributed by atoms with Crippen molar-refractivity contribution in [2.75, 3.05) is 32.5 Å². The molecule has 2 N–H and O–H groups in total. The van der Waals surface area contributed by atoms with E-state index in [1.807, 2.05) is 19.0 Å². The molecule has 0 saturated carbocycles. The lowest BCUT2D eigenvalue weighted by Gasteiger charge is -2.28. The van der Waals surface area contributed by atoms with Crippen molar-refractivity contribution in [1.82, 2.24) is 9.80 Å². The summed E-state index contributed by atoms with van der Waals surface area (Å²) in [5.41, 5.74) is 0.537. The second kappa shape index (κ2) is 8.68. The molecule has 1 aliphatic heterocycles. The molecule has 2 rings (SSSR count). The van der Waals surface area contributed by atoms with Gasteiger partial charge in [0.05, 0.1) is 0 Å². The summed E-state index contributed by atoms with van der Waals surface area (Å²) in [4.78, 5) is 28.5. The van der Waals surface area contributed by atoms with Gasteiger partial charge in [-0.1, -0.05) is 12.5 Å². The molecule has 1 unspecified atom stereocenters. The number of carbonyl (C=O) groups is 2. The zero-order valence-electron chi connectivity index (χ0n) is 14.5. The Morgan fingerprint density at radius 3 is 2.79 bits per heavy atom. The number of amides is 2. The smallest absolute Gasteiger partial charge is 0.224 e. The molecular weight excluding hydrogens is 306 g/mol. The van der Waals surface area contributed by atoms with Crippen molar-refractivity contribution < 1.29 is 14.7 Å². The van der Waals surface area contributed by atoms with Gasteiger partial charge in [-0.05, 0) is 39.1 Å². The van der Waals surface area contributed by atoms with Crippen LogP contribution in [0.15, 0.2) is 24.3 Å². The van der Waals surface area contributed by atoms with E-state index < -0.39 is 0 Å². The summed E-state index contributed by atoms with van der Waals surface area (Å²) in [7, 11) is 4.09. The first-order valence-corrected chi connectivity index (χ1v) is 8.49. The summed E-state index contributed by atoms with van der Waals surface area (Å²) in [5.74, 6) is -0.0779. The number of nitrogens with one attached hydrogen (secondary N) is 1. The molecule has 24 heavy (non-hydrogen) atoms. The Hall–Kier alpha value is -2.08. The van der Waals surface area contributed by atoms with Crippen molar-refractivity contribution in [3.8, 4) is 5.75 Å². The zero-order valence-corrected chi connectivity index (χ0v) is 14.5. The third kappa shape index (κ3) is 5.53. The van der Waals surface area contributed by atoms with Gasteiger partial charge >= 0.3 is 0 Å². The van der Waals surface area contributed by atoms with Gasteiger partial charge in [-0.15, -0.1) is 0 Å². The van der Waals surface area contributed by atoms with Gasteiger partial charge in [-0.25, -0.2) is 0 Å². The number of nitrogens with zero attached hydrogens (tertiary/aromatic N) is 2. The number of phenols is 1. The van der Waals surface area contributed by atoms with Crippen LogP contribution in [0, 0.1) is 0 Å². The van der Waals surface area contributed by atoms with E-state index >= 15 is 0 Å². The van der Waals surface area contributed by atoms with Gasteiger partial charge in [0.1, 0.15) is 5.75 Å². The van der Waals surface area contributed by atoms with Crippen LogP contribution >= 0.6 is 0 Å². The van der Waals surface area contributed by atoms with Crippen LogP contribution in [0.4, 0.5) is 5.69 Å². The normalized spacial score (nSPS) is 18.3. The number of phenolic OH excluding ortho intramolecular Hbond substituents is 1. The fraction of sp³-hybridized carbons (Fsp3) is 0.556. The SMILES string of the molecule is CN(C)C1CCCCN(C(=O)CCC(=O)Nc2cccc(O)c2)C1. The van der Waals surface area contributed by atoms with Crippen molar-refractivity contribution in [1.29, 1.82) is 0 Å². The maximum Gasteiger partial charge on any atom is 0.224 e. The molecule has 2 amide bonds. The number of carbonyl (C=O) groups excluding carboxylic acids is 2. The number of hydrogen-bond donors (Lipinski definition) is 2. The Kier molecular flexibility index (Phi) is 6.61. The minimum atomic E-state index is -0.215. The van der Waals surface area contributed by atoms with E-state index in [4.69, 9.17) is 0 Å². The highest BCUT2D eigenvalue weighted by atomic mass is 16.3. The summed E-state index contributed by atoms with van der Waals surface area (Å²) >= 11 is 0. The van der Waals surface area contributed by atoms with Gasteiger partial charge in [0.25, 0.3) is 0 Å². The average molecular weight is 333 g/mol. The summed E-state index contributed by atoms with van der Waals surface area (Å²) in [6.07, 6.45) is 3.62. The minimum Gasteiger partial charge on any atom is -0.508 e. The third-order valence-corrected chi connectivity index (χ3v) is 4.43. The van der Waals surface area contributed by atoms with Crippen molar-refractivity contribution >= 4 is 17.5 Å². The standard InChI is InChI=1S/C18H27N3O3/c1-20(2)15-7-3-4-11-21(13-15)18(24)10-9-17(23)19-14-6-5-8-16(22)12-14/h5-6,8,12,15,22H,3-4,7,9-11,13H2,1-2H3,(H,19,23). The predicted molar refractivity (Wildman–Crippen MR) is 93.9 cm³/mol. The van der Waals surface area contributed by atoms with Crippen molar-refractivity contribution in [3.63, 3.8) is 0 Å². The molecule has 0 spiro atoms. The van der Waals surface area contributed by atoms with E-state index in [1.165, 1.54) is 6.07 Å². The molecule has 0 aliphatic carbocycles. The summed E-state index contributed by atoms with van der Waals surface area (Å²) in [6, 6.07) is 6.78. The number of likely N-dealkylation sites (N-methyl/N-ethyl adjacent to an activating group) is 1. The summed E-state index contributed by atoms with van der Waals surface area (Å²) < 4.78 is 0. The monoisotopic (exact) mass is 333 g/mol. The Labute approximate surface area is 143 Å². The van der Waals surface area contributed by atoms with Gasteiger partial charge in [0.2, 0.25) is 11.8 Å². The average Bonchev–Trinajstić information content (AvgIpc) is 2.79. The molecule has 0 aromatic heterocycles. The Morgan fingerprint density at radius 2 is 2.08 bits per heavy atom. The van der Waals surface area contributed by atoms with Crippen LogP contribution in [0.5, 0.6) is 5.75 Å². The highest BCUT2D eigenvalue weighted by Crippen LogP contribution is 2.17. The molecule has 1 aliphatic rings. The number of aromatic hydroxyl groups is 1. The van der Waals surface area contributed by atoms with E-state index in [-0.39, 0.29) is 30.4 Å². The molecule has 1 fully saturated rings. The van der Waals surface area contributed by atoms with Gasteiger partial charge in [-0.3, -0.25) is 9.59 Å². The molecule has 0 radical (unpaired) electrons. The van der Waals surface area contributed by atoms with Crippen molar-refractivity contribution in [3.05, 3.63) is 24.3 Å². The van der Waals surface area contributed by atoms with E-state index in [0.717, 1.165) is 32.4 Å². The molecule has 0 bridgehead atoms. The van der Waals surface area contributed by atoms with Crippen LogP contribution < -0.4 is 5.32 Å². The molecule has 132 valence electrons. The van der Waals surface area contributed by atoms with Crippen LogP contribution in [0.3, 0.4) is 0 Å². The number of benzene rings is 1. The number of rotatable bonds is 5. The summed E-state index contributed by atoms with van der Waals surface area (Å²) in [5, 5.41) is 12.1. The van der Waals surface area contributed by atoms with Crippen LogP contribution in [-0.2, 0) is 9.59 Å². The molecule has 1 aromatic carbocycles. The fourth-order valence-electron chi connectivity index (χ4n) is 2.95. The number of likely N-dealkylation sites (tertiary alicyclic amines) is 1. The van der Waals surface area contributed by atoms with Crippen LogP contribution in [0.25, 0.3) is 0 Å². The second-order valence-electron chi connectivity index (χ2n) is 6.55. The van der Waals surface area contributed by atoms with Crippen molar-refractivity contribution in [2.45, 2.75) is 38.1 Å². The van der Waals surface area contributed by atoms with E-state index in [1.54, 1.807) is 18.2 Å². The minimum absolute atomic E-state index is 0.0369. The van der Waals surface area contributed by atoms with E-state index in [0.29, 0.717) is 11.7 Å². The molecule has 1 heterocycles. The lowest BCUT2D eigenvalue weighted by molar-refractivity contribution is -0.133. The lowest BCUT2D eigenvalue weighted by atomic mass is 10.1.